The smallest absolute Gasteiger partial charge is 0.191 e. The van der Waals surface area contributed by atoms with Gasteiger partial charge in [-0.2, -0.15) is 11.3 Å². The highest BCUT2D eigenvalue weighted by atomic mass is 127. The molecule has 28 heavy (non-hydrogen) atoms. The number of hydrogen-bond donors (Lipinski definition) is 2. The SMILES string of the molecule is CCNC(=NCC(C)c1ccsc1)NCC1CCCN(C)C1c1cccs1.I. The van der Waals surface area contributed by atoms with Gasteiger partial charge in [-0.1, -0.05) is 13.0 Å². The van der Waals surface area contributed by atoms with Crippen molar-refractivity contribution >= 4 is 52.6 Å². The molecule has 1 saturated heterocycles. The van der Waals surface area contributed by atoms with Crippen molar-refractivity contribution < 1.29 is 0 Å². The minimum absolute atomic E-state index is 0. The molecule has 156 valence electrons. The Kier molecular flexibility index (Phi) is 10.3. The van der Waals surface area contributed by atoms with Gasteiger partial charge in [-0.3, -0.25) is 9.89 Å². The van der Waals surface area contributed by atoms with E-state index in [0.717, 1.165) is 25.6 Å². The Balaban J connectivity index is 0.00000280. The molecule has 4 nitrogen and oxygen atoms in total. The molecule has 3 atom stereocenters. The zero-order valence-corrected chi connectivity index (χ0v) is 21.0. The van der Waals surface area contributed by atoms with Crippen molar-refractivity contribution in [2.75, 3.05) is 33.2 Å². The number of guanidine groups is 1. The van der Waals surface area contributed by atoms with Crippen molar-refractivity contribution in [3.05, 3.63) is 44.8 Å². The van der Waals surface area contributed by atoms with Crippen LogP contribution in [0.25, 0.3) is 0 Å². The molecule has 3 unspecified atom stereocenters. The van der Waals surface area contributed by atoms with Crippen LogP contribution >= 0.6 is 46.7 Å². The molecule has 1 fully saturated rings. The molecule has 0 saturated carbocycles. The van der Waals surface area contributed by atoms with Crippen LogP contribution in [0.2, 0.25) is 0 Å². The first-order valence-electron chi connectivity index (χ1n) is 9.97. The molecule has 3 rings (SSSR count). The molecule has 2 aromatic rings. The Hall–Kier alpha value is -0.640. The van der Waals surface area contributed by atoms with E-state index < -0.39 is 0 Å². The maximum atomic E-state index is 4.85. The molecule has 0 bridgehead atoms. The van der Waals surface area contributed by atoms with Crippen molar-refractivity contribution in [2.24, 2.45) is 10.9 Å². The van der Waals surface area contributed by atoms with Gasteiger partial charge in [-0.15, -0.1) is 35.3 Å². The number of likely N-dealkylation sites (tertiary alicyclic amines) is 1. The van der Waals surface area contributed by atoms with Gasteiger partial charge in [0.25, 0.3) is 0 Å². The molecule has 3 heterocycles. The number of nitrogens with one attached hydrogen (secondary N) is 2. The van der Waals surface area contributed by atoms with Gasteiger partial charge in [0.1, 0.15) is 0 Å². The molecular formula is C21H33IN4S2. The van der Waals surface area contributed by atoms with E-state index in [1.54, 1.807) is 11.3 Å². The van der Waals surface area contributed by atoms with Gasteiger partial charge in [0.05, 0.1) is 0 Å². The number of aliphatic imine (C=N–C) groups is 1. The first-order chi connectivity index (χ1) is 13.2. The Labute approximate surface area is 194 Å². The molecule has 0 amide bonds. The largest absolute Gasteiger partial charge is 0.357 e. The van der Waals surface area contributed by atoms with Crippen molar-refractivity contribution in [1.29, 1.82) is 0 Å². The summed E-state index contributed by atoms with van der Waals surface area (Å²) in [6, 6.07) is 7.17. The standard InChI is InChI=1S/C21H32N4S2.HI/c1-4-22-21(23-13-16(2)18-9-12-26-15-18)24-14-17-7-5-10-25(3)20(17)19-8-6-11-27-19;/h6,8-9,11-12,15-17,20H,4-5,7,10,13-14H2,1-3H3,(H2,22,23,24);1H. The average molecular weight is 533 g/mol. The van der Waals surface area contributed by atoms with Crippen LogP contribution in [0.1, 0.15) is 49.1 Å². The second-order valence-corrected chi connectivity index (χ2v) is 9.16. The normalized spacial score (nSPS) is 21.8. The first kappa shape index (κ1) is 23.6. The second-order valence-electron chi connectivity index (χ2n) is 7.40. The molecular weight excluding hydrogens is 499 g/mol. The molecule has 0 aromatic carbocycles. The number of rotatable bonds is 7. The minimum atomic E-state index is 0. The third-order valence-corrected chi connectivity index (χ3v) is 7.00. The van der Waals surface area contributed by atoms with E-state index in [0.29, 0.717) is 17.9 Å². The Morgan fingerprint density at radius 2 is 2.18 bits per heavy atom. The van der Waals surface area contributed by atoms with Gasteiger partial charge < -0.3 is 10.6 Å². The van der Waals surface area contributed by atoms with Crippen LogP contribution in [-0.4, -0.2) is 44.1 Å². The number of halogens is 1. The van der Waals surface area contributed by atoms with Crippen LogP contribution in [0.5, 0.6) is 0 Å². The summed E-state index contributed by atoms with van der Waals surface area (Å²) in [7, 11) is 2.26. The molecule has 2 N–H and O–H groups in total. The lowest BCUT2D eigenvalue weighted by Gasteiger charge is -2.39. The van der Waals surface area contributed by atoms with E-state index in [4.69, 9.17) is 4.99 Å². The van der Waals surface area contributed by atoms with Crippen molar-refractivity contribution in [3.8, 4) is 0 Å². The summed E-state index contributed by atoms with van der Waals surface area (Å²) in [5.74, 6) is 2.00. The van der Waals surface area contributed by atoms with Crippen molar-refractivity contribution in [2.45, 2.75) is 38.6 Å². The van der Waals surface area contributed by atoms with Gasteiger partial charge in [0.2, 0.25) is 0 Å². The van der Waals surface area contributed by atoms with E-state index in [-0.39, 0.29) is 24.0 Å². The fourth-order valence-electron chi connectivity index (χ4n) is 3.84. The second kappa shape index (κ2) is 12.1. The van der Waals surface area contributed by atoms with Gasteiger partial charge in [0, 0.05) is 36.5 Å². The summed E-state index contributed by atoms with van der Waals surface area (Å²) >= 11 is 3.64. The van der Waals surface area contributed by atoms with Gasteiger partial charge >= 0.3 is 0 Å². The highest BCUT2D eigenvalue weighted by Gasteiger charge is 2.31. The maximum absolute atomic E-state index is 4.85. The fourth-order valence-corrected chi connectivity index (χ4v) is 5.61. The summed E-state index contributed by atoms with van der Waals surface area (Å²) in [6.45, 7) is 8.22. The summed E-state index contributed by atoms with van der Waals surface area (Å²) in [5.41, 5.74) is 1.38. The molecule has 0 spiro atoms. The Bertz CT molecular complexity index is 687. The lowest BCUT2D eigenvalue weighted by atomic mass is 9.88. The molecule has 0 aliphatic carbocycles. The van der Waals surface area contributed by atoms with E-state index in [9.17, 15) is 0 Å². The first-order valence-corrected chi connectivity index (χ1v) is 11.8. The number of piperidine rings is 1. The third-order valence-electron chi connectivity index (χ3n) is 5.35. The van der Waals surface area contributed by atoms with E-state index in [1.807, 2.05) is 11.3 Å². The predicted molar refractivity (Wildman–Crippen MR) is 135 cm³/mol. The Morgan fingerprint density at radius 3 is 2.86 bits per heavy atom. The van der Waals surface area contributed by atoms with Gasteiger partial charge in [-0.25, -0.2) is 0 Å². The summed E-state index contributed by atoms with van der Waals surface area (Å²) in [5, 5.41) is 13.6. The quantitative estimate of drug-likeness (QED) is 0.294. The van der Waals surface area contributed by atoms with Crippen LogP contribution < -0.4 is 10.6 Å². The van der Waals surface area contributed by atoms with E-state index in [1.165, 1.54) is 29.8 Å². The number of thiophene rings is 2. The molecule has 1 aliphatic heterocycles. The van der Waals surface area contributed by atoms with Gasteiger partial charge in [-0.05, 0) is 73.1 Å². The predicted octanol–water partition coefficient (Wildman–Crippen LogP) is 5.17. The average Bonchev–Trinajstić information content (AvgIpc) is 3.37. The third kappa shape index (κ3) is 6.43. The minimum Gasteiger partial charge on any atom is -0.357 e. The highest BCUT2D eigenvalue weighted by molar-refractivity contribution is 14.0. The van der Waals surface area contributed by atoms with Crippen LogP contribution in [0.4, 0.5) is 0 Å². The van der Waals surface area contributed by atoms with Crippen LogP contribution in [-0.2, 0) is 0 Å². The highest BCUT2D eigenvalue weighted by Crippen LogP contribution is 2.36. The van der Waals surface area contributed by atoms with Crippen LogP contribution in [0, 0.1) is 5.92 Å². The lowest BCUT2D eigenvalue weighted by molar-refractivity contribution is 0.125. The van der Waals surface area contributed by atoms with Gasteiger partial charge in [0.15, 0.2) is 5.96 Å². The summed E-state index contributed by atoms with van der Waals surface area (Å²) < 4.78 is 0. The zero-order chi connectivity index (χ0) is 19.1. The monoisotopic (exact) mass is 532 g/mol. The molecule has 7 heteroatoms. The maximum Gasteiger partial charge on any atom is 0.191 e. The van der Waals surface area contributed by atoms with Crippen LogP contribution in [0.15, 0.2) is 39.3 Å². The fraction of sp³-hybridized carbons (Fsp3) is 0.571. The zero-order valence-electron chi connectivity index (χ0n) is 17.1. The van der Waals surface area contributed by atoms with Crippen molar-refractivity contribution in [3.63, 3.8) is 0 Å². The van der Waals surface area contributed by atoms with Crippen molar-refractivity contribution in [1.82, 2.24) is 15.5 Å². The van der Waals surface area contributed by atoms with E-state index >= 15 is 0 Å². The lowest BCUT2D eigenvalue weighted by Crippen LogP contribution is -2.45. The Morgan fingerprint density at radius 1 is 1.32 bits per heavy atom. The molecule has 1 aliphatic rings. The molecule has 2 aromatic heterocycles. The summed E-state index contributed by atoms with van der Waals surface area (Å²) in [6.07, 6.45) is 2.54. The number of nitrogens with zero attached hydrogens (tertiary/aromatic N) is 2. The number of hydrogen-bond acceptors (Lipinski definition) is 4. The topological polar surface area (TPSA) is 39.7 Å². The van der Waals surface area contributed by atoms with Crippen LogP contribution in [0.3, 0.4) is 0 Å². The summed E-state index contributed by atoms with van der Waals surface area (Å²) in [4.78, 5) is 8.85. The molecule has 0 radical (unpaired) electrons. The van der Waals surface area contributed by atoms with E-state index in [2.05, 4.69) is 70.8 Å².